The Morgan fingerprint density at radius 1 is 1.43 bits per heavy atom. The maximum atomic E-state index is 5.57. The van der Waals surface area contributed by atoms with E-state index >= 15 is 0 Å². The number of rotatable bonds is 3. The molecule has 0 N–H and O–H groups in total. The molecule has 0 aliphatic heterocycles. The summed E-state index contributed by atoms with van der Waals surface area (Å²) in [6, 6.07) is 1.88. The zero-order chi connectivity index (χ0) is 9.80. The van der Waals surface area contributed by atoms with Gasteiger partial charge in [-0.1, -0.05) is 6.08 Å². The Morgan fingerprint density at radius 2 is 2.36 bits per heavy atom. The van der Waals surface area contributed by atoms with Crippen LogP contribution in [0.3, 0.4) is 0 Å². The van der Waals surface area contributed by atoms with E-state index in [0.29, 0.717) is 5.88 Å². The van der Waals surface area contributed by atoms with E-state index in [1.165, 1.54) is 0 Å². The first-order chi connectivity index (χ1) is 6.92. The van der Waals surface area contributed by atoms with E-state index in [1.807, 2.05) is 28.8 Å². The first-order valence-corrected chi connectivity index (χ1v) is 4.96. The Balaban J connectivity index is 2.34. The average Bonchev–Trinajstić information content (AvgIpc) is 2.63. The molecular formula is C10H10ClN3. The minimum Gasteiger partial charge on any atom is -0.284 e. The molecule has 0 spiro atoms. The Morgan fingerprint density at radius 3 is 3.21 bits per heavy atom. The van der Waals surface area contributed by atoms with Gasteiger partial charge >= 0.3 is 0 Å². The molecule has 0 radical (unpaired) electrons. The molecule has 0 atom stereocenters. The second-order valence-electron chi connectivity index (χ2n) is 2.85. The molecule has 0 aromatic carbocycles. The quantitative estimate of drug-likeness (QED) is 0.724. The normalized spacial score (nSPS) is 11.5. The molecule has 72 valence electrons. The van der Waals surface area contributed by atoms with E-state index < -0.39 is 0 Å². The van der Waals surface area contributed by atoms with Crippen LogP contribution in [-0.4, -0.2) is 20.2 Å². The summed E-state index contributed by atoms with van der Waals surface area (Å²) in [5.41, 5.74) is 1.03. The molecule has 0 saturated carbocycles. The molecule has 14 heavy (non-hydrogen) atoms. The molecule has 2 aromatic rings. The lowest BCUT2D eigenvalue weighted by Gasteiger charge is -1.93. The van der Waals surface area contributed by atoms with E-state index in [-0.39, 0.29) is 0 Å². The van der Waals surface area contributed by atoms with Crippen LogP contribution in [0, 0.1) is 0 Å². The summed E-state index contributed by atoms with van der Waals surface area (Å²) in [5, 5.41) is 0. The number of imidazole rings is 1. The third-order valence-corrected chi connectivity index (χ3v) is 2.10. The third-order valence-electron chi connectivity index (χ3n) is 1.88. The van der Waals surface area contributed by atoms with Gasteiger partial charge in [0.25, 0.3) is 0 Å². The topological polar surface area (TPSA) is 30.2 Å². The van der Waals surface area contributed by atoms with Crippen molar-refractivity contribution in [3.63, 3.8) is 0 Å². The van der Waals surface area contributed by atoms with Crippen LogP contribution >= 0.6 is 11.6 Å². The molecule has 2 rings (SSSR count). The summed E-state index contributed by atoms with van der Waals surface area (Å²) >= 11 is 5.57. The van der Waals surface area contributed by atoms with Crippen LogP contribution in [0.4, 0.5) is 0 Å². The molecule has 4 heteroatoms. The van der Waals surface area contributed by atoms with E-state index in [2.05, 4.69) is 9.97 Å². The standard InChI is InChI=1S/C10H10ClN3/c11-5-2-1-4-9-8-13-10-12-6-3-7-14(9)10/h1,3-4,6-8H,2,5H2. The Labute approximate surface area is 87.1 Å². The van der Waals surface area contributed by atoms with Crippen molar-refractivity contribution in [1.29, 1.82) is 0 Å². The van der Waals surface area contributed by atoms with E-state index in [1.54, 1.807) is 12.4 Å². The molecule has 2 heterocycles. The Hall–Kier alpha value is -1.35. The summed E-state index contributed by atoms with van der Waals surface area (Å²) in [4.78, 5) is 8.29. The second kappa shape index (κ2) is 4.24. The summed E-state index contributed by atoms with van der Waals surface area (Å²) in [6.45, 7) is 0. The van der Waals surface area contributed by atoms with Crippen LogP contribution in [0.25, 0.3) is 11.9 Å². The number of aromatic nitrogens is 3. The van der Waals surface area contributed by atoms with E-state index in [4.69, 9.17) is 11.6 Å². The van der Waals surface area contributed by atoms with Crippen LogP contribution < -0.4 is 0 Å². The van der Waals surface area contributed by atoms with Gasteiger partial charge in [0.05, 0.1) is 11.9 Å². The monoisotopic (exact) mass is 207 g/mol. The number of hydrogen-bond donors (Lipinski definition) is 0. The third kappa shape index (κ3) is 1.77. The fraction of sp³-hybridized carbons (Fsp3) is 0.200. The second-order valence-corrected chi connectivity index (χ2v) is 3.23. The molecule has 0 fully saturated rings. The van der Waals surface area contributed by atoms with Crippen molar-refractivity contribution in [2.75, 3.05) is 5.88 Å². The molecule has 3 nitrogen and oxygen atoms in total. The maximum absolute atomic E-state index is 5.57. The predicted molar refractivity (Wildman–Crippen MR) is 57.4 cm³/mol. The zero-order valence-corrected chi connectivity index (χ0v) is 8.35. The number of halogens is 1. The molecule has 0 aliphatic carbocycles. The number of fused-ring (bicyclic) bond motifs is 1. The van der Waals surface area contributed by atoms with Crippen molar-refractivity contribution in [3.8, 4) is 0 Å². The largest absolute Gasteiger partial charge is 0.284 e. The lowest BCUT2D eigenvalue weighted by atomic mass is 10.3. The van der Waals surface area contributed by atoms with Crippen molar-refractivity contribution in [3.05, 3.63) is 36.4 Å². The van der Waals surface area contributed by atoms with Gasteiger partial charge < -0.3 is 0 Å². The molecule has 0 saturated heterocycles. The van der Waals surface area contributed by atoms with Gasteiger partial charge in [-0.05, 0) is 18.6 Å². The van der Waals surface area contributed by atoms with Gasteiger partial charge in [-0.25, -0.2) is 9.97 Å². The Kier molecular flexibility index (Phi) is 2.79. The van der Waals surface area contributed by atoms with Gasteiger partial charge in [-0.15, -0.1) is 11.6 Å². The van der Waals surface area contributed by atoms with Crippen molar-refractivity contribution >= 4 is 23.5 Å². The number of allylic oxidation sites excluding steroid dienone is 1. The Bertz CT molecular complexity index is 447. The van der Waals surface area contributed by atoms with Gasteiger partial charge in [0, 0.05) is 18.3 Å². The van der Waals surface area contributed by atoms with Crippen LogP contribution in [0.2, 0.25) is 0 Å². The van der Waals surface area contributed by atoms with Gasteiger partial charge in [-0.2, -0.15) is 0 Å². The molecule has 2 aromatic heterocycles. The summed E-state index contributed by atoms with van der Waals surface area (Å²) in [7, 11) is 0. The smallest absolute Gasteiger partial charge is 0.234 e. The predicted octanol–water partition coefficient (Wildman–Crippen LogP) is 2.37. The highest BCUT2D eigenvalue weighted by atomic mass is 35.5. The first kappa shape index (κ1) is 9.21. The van der Waals surface area contributed by atoms with Crippen LogP contribution in [0.5, 0.6) is 0 Å². The van der Waals surface area contributed by atoms with E-state index in [0.717, 1.165) is 17.9 Å². The van der Waals surface area contributed by atoms with E-state index in [9.17, 15) is 0 Å². The summed E-state index contributed by atoms with van der Waals surface area (Å²) in [5.74, 6) is 1.36. The number of alkyl halides is 1. The fourth-order valence-electron chi connectivity index (χ4n) is 1.24. The van der Waals surface area contributed by atoms with Crippen molar-refractivity contribution in [2.45, 2.75) is 6.42 Å². The molecular weight excluding hydrogens is 198 g/mol. The van der Waals surface area contributed by atoms with Gasteiger partial charge in [0.2, 0.25) is 5.78 Å². The molecule has 0 amide bonds. The van der Waals surface area contributed by atoms with Crippen LogP contribution in [0.15, 0.2) is 30.7 Å². The van der Waals surface area contributed by atoms with Crippen molar-refractivity contribution in [2.24, 2.45) is 0 Å². The molecule has 0 aliphatic rings. The molecule has 0 bridgehead atoms. The number of hydrogen-bond acceptors (Lipinski definition) is 2. The highest BCUT2D eigenvalue weighted by Crippen LogP contribution is 2.05. The minimum absolute atomic E-state index is 0.644. The zero-order valence-electron chi connectivity index (χ0n) is 7.60. The SMILES string of the molecule is ClCCC=Cc1cnc2ncccn12. The highest BCUT2D eigenvalue weighted by molar-refractivity contribution is 6.17. The summed E-state index contributed by atoms with van der Waals surface area (Å²) in [6.07, 6.45) is 10.4. The van der Waals surface area contributed by atoms with Crippen LogP contribution in [-0.2, 0) is 0 Å². The van der Waals surface area contributed by atoms with Crippen molar-refractivity contribution in [1.82, 2.24) is 14.4 Å². The highest BCUT2D eigenvalue weighted by Gasteiger charge is 1.97. The lowest BCUT2D eigenvalue weighted by Crippen LogP contribution is -1.87. The fourth-order valence-corrected chi connectivity index (χ4v) is 1.36. The maximum Gasteiger partial charge on any atom is 0.234 e. The summed E-state index contributed by atoms with van der Waals surface area (Å²) < 4.78 is 1.94. The van der Waals surface area contributed by atoms with Crippen LogP contribution in [0.1, 0.15) is 12.1 Å². The van der Waals surface area contributed by atoms with Crippen molar-refractivity contribution < 1.29 is 0 Å². The number of nitrogens with zero attached hydrogens (tertiary/aromatic N) is 3. The first-order valence-electron chi connectivity index (χ1n) is 4.42. The van der Waals surface area contributed by atoms with Gasteiger partial charge in [0.15, 0.2) is 0 Å². The minimum atomic E-state index is 0.644. The average molecular weight is 208 g/mol. The molecule has 0 unspecified atom stereocenters. The van der Waals surface area contributed by atoms with Gasteiger partial charge in [0.1, 0.15) is 0 Å². The lowest BCUT2D eigenvalue weighted by molar-refractivity contribution is 1.10. The van der Waals surface area contributed by atoms with Gasteiger partial charge in [-0.3, -0.25) is 4.40 Å².